The third kappa shape index (κ3) is 3.66. The fraction of sp³-hybridized carbons (Fsp3) is 0.615. The first-order chi connectivity index (χ1) is 8.79. The maximum Gasteiger partial charge on any atom is 0.127 e. The number of morpholine rings is 1. The summed E-state index contributed by atoms with van der Waals surface area (Å²) in [4.78, 5) is 6.47. The number of rotatable bonds is 5. The number of nitrogens with two attached hydrogens (primary N) is 1. The highest BCUT2D eigenvalue weighted by atomic mass is 16.5. The summed E-state index contributed by atoms with van der Waals surface area (Å²) < 4.78 is 10.8. The number of hydrogen-bond acceptors (Lipinski definition) is 5. The normalized spacial score (nSPS) is 21.1. The first-order valence-corrected chi connectivity index (χ1v) is 6.32. The highest BCUT2D eigenvalue weighted by Gasteiger charge is 2.20. The molecule has 1 aliphatic heterocycles. The van der Waals surface area contributed by atoms with Crippen molar-refractivity contribution in [3.63, 3.8) is 0 Å². The molecule has 0 amide bonds. The molecule has 18 heavy (non-hydrogen) atoms. The molecule has 100 valence electrons. The van der Waals surface area contributed by atoms with Gasteiger partial charge in [-0.15, -0.1) is 0 Å². The molecule has 5 heteroatoms. The van der Waals surface area contributed by atoms with E-state index in [9.17, 15) is 0 Å². The van der Waals surface area contributed by atoms with Crippen LogP contribution in [0.25, 0.3) is 0 Å². The van der Waals surface area contributed by atoms with Crippen molar-refractivity contribution in [3.8, 4) is 0 Å². The average molecular weight is 251 g/mol. The van der Waals surface area contributed by atoms with Crippen molar-refractivity contribution < 1.29 is 9.47 Å². The molecule has 1 aromatic heterocycles. The fourth-order valence-corrected chi connectivity index (χ4v) is 2.17. The summed E-state index contributed by atoms with van der Waals surface area (Å²) in [5.41, 5.74) is 6.95. The number of ether oxygens (including phenoxy) is 2. The smallest absolute Gasteiger partial charge is 0.127 e. The van der Waals surface area contributed by atoms with Crippen LogP contribution in [0, 0.1) is 0 Å². The van der Waals surface area contributed by atoms with E-state index in [1.165, 1.54) is 0 Å². The quantitative estimate of drug-likeness (QED) is 0.842. The standard InChI is InChI=1S/C13H21N3O2/c1-17-7-4-12-10-16(6-8-18-12)9-11-3-2-5-15-13(11)14/h2-3,5,12H,4,6-10H2,1H3,(H2,14,15)/t12-/m1/s1. The molecule has 1 aromatic rings. The molecule has 1 saturated heterocycles. The van der Waals surface area contributed by atoms with Crippen molar-refractivity contribution in [2.45, 2.75) is 19.1 Å². The molecule has 1 fully saturated rings. The molecule has 2 heterocycles. The zero-order chi connectivity index (χ0) is 12.8. The van der Waals surface area contributed by atoms with Crippen molar-refractivity contribution in [3.05, 3.63) is 23.9 Å². The van der Waals surface area contributed by atoms with E-state index in [-0.39, 0.29) is 6.10 Å². The van der Waals surface area contributed by atoms with Gasteiger partial charge in [-0.25, -0.2) is 4.98 Å². The van der Waals surface area contributed by atoms with Crippen LogP contribution in [-0.2, 0) is 16.0 Å². The Bertz CT molecular complexity index is 373. The number of nitrogens with zero attached hydrogens (tertiary/aromatic N) is 2. The molecule has 0 spiro atoms. The van der Waals surface area contributed by atoms with Crippen LogP contribution in [-0.4, -0.2) is 49.4 Å². The Morgan fingerprint density at radius 3 is 3.28 bits per heavy atom. The van der Waals surface area contributed by atoms with Gasteiger partial charge in [0.2, 0.25) is 0 Å². The van der Waals surface area contributed by atoms with Crippen LogP contribution in [0.1, 0.15) is 12.0 Å². The minimum Gasteiger partial charge on any atom is -0.385 e. The summed E-state index contributed by atoms with van der Waals surface area (Å²) in [6.07, 6.45) is 2.92. The van der Waals surface area contributed by atoms with E-state index in [0.29, 0.717) is 5.82 Å². The minimum atomic E-state index is 0.261. The van der Waals surface area contributed by atoms with E-state index in [2.05, 4.69) is 9.88 Å². The summed E-state index contributed by atoms with van der Waals surface area (Å²) >= 11 is 0. The van der Waals surface area contributed by atoms with Gasteiger partial charge in [-0.2, -0.15) is 0 Å². The van der Waals surface area contributed by atoms with Crippen LogP contribution >= 0.6 is 0 Å². The molecule has 2 rings (SSSR count). The Morgan fingerprint density at radius 2 is 2.50 bits per heavy atom. The van der Waals surface area contributed by atoms with E-state index in [0.717, 1.165) is 44.8 Å². The van der Waals surface area contributed by atoms with Crippen LogP contribution in [0.2, 0.25) is 0 Å². The predicted molar refractivity (Wildman–Crippen MR) is 70.2 cm³/mol. The number of aromatic nitrogens is 1. The maximum atomic E-state index is 5.86. The zero-order valence-electron chi connectivity index (χ0n) is 10.8. The molecule has 1 aliphatic rings. The molecule has 5 nitrogen and oxygen atoms in total. The minimum absolute atomic E-state index is 0.261. The SMILES string of the molecule is COCC[C@@H]1CN(Cc2cccnc2N)CCO1. The van der Waals surface area contributed by atoms with Crippen molar-refractivity contribution >= 4 is 5.82 Å². The van der Waals surface area contributed by atoms with Gasteiger partial charge in [0.05, 0.1) is 12.7 Å². The molecule has 0 unspecified atom stereocenters. The number of nitrogen functional groups attached to an aromatic ring is 1. The van der Waals surface area contributed by atoms with Gasteiger partial charge in [0.1, 0.15) is 5.82 Å². The van der Waals surface area contributed by atoms with Crippen LogP contribution in [0.15, 0.2) is 18.3 Å². The fourth-order valence-electron chi connectivity index (χ4n) is 2.17. The maximum absolute atomic E-state index is 5.86. The van der Waals surface area contributed by atoms with Crippen molar-refractivity contribution in [1.29, 1.82) is 0 Å². The number of pyridine rings is 1. The lowest BCUT2D eigenvalue weighted by molar-refractivity contribution is -0.0432. The van der Waals surface area contributed by atoms with Crippen LogP contribution in [0.3, 0.4) is 0 Å². The summed E-state index contributed by atoms with van der Waals surface area (Å²) in [5, 5.41) is 0. The van der Waals surface area contributed by atoms with Gasteiger partial charge in [-0.1, -0.05) is 6.07 Å². The van der Waals surface area contributed by atoms with Crippen molar-refractivity contribution in [2.75, 3.05) is 39.1 Å². The number of hydrogen-bond donors (Lipinski definition) is 1. The van der Waals surface area contributed by atoms with E-state index in [1.807, 2.05) is 12.1 Å². The van der Waals surface area contributed by atoms with Crippen LogP contribution in [0.4, 0.5) is 5.82 Å². The Balaban J connectivity index is 1.87. The van der Waals surface area contributed by atoms with Gasteiger partial charge in [0.25, 0.3) is 0 Å². The first-order valence-electron chi connectivity index (χ1n) is 6.32. The van der Waals surface area contributed by atoms with Crippen LogP contribution < -0.4 is 5.73 Å². The Hall–Kier alpha value is -1.17. The highest BCUT2D eigenvalue weighted by molar-refractivity contribution is 5.38. The summed E-state index contributed by atoms with van der Waals surface area (Å²) in [6.45, 7) is 4.23. The lowest BCUT2D eigenvalue weighted by Crippen LogP contribution is -2.42. The van der Waals surface area contributed by atoms with Gasteiger partial charge < -0.3 is 15.2 Å². The van der Waals surface area contributed by atoms with Gasteiger partial charge in [-0.3, -0.25) is 4.90 Å². The Labute approximate surface area is 108 Å². The van der Waals surface area contributed by atoms with Crippen molar-refractivity contribution in [1.82, 2.24) is 9.88 Å². The second-order valence-corrected chi connectivity index (χ2v) is 4.56. The highest BCUT2D eigenvalue weighted by Crippen LogP contribution is 2.15. The van der Waals surface area contributed by atoms with Gasteiger partial charge in [0, 0.05) is 45.1 Å². The lowest BCUT2D eigenvalue weighted by Gasteiger charge is -2.33. The average Bonchev–Trinajstić information content (AvgIpc) is 2.40. The summed E-state index contributed by atoms with van der Waals surface area (Å²) in [5.74, 6) is 0.623. The third-order valence-electron chi connectivity index (χ3n) is 3.19. The third-order valence-corrected chi connectivity index (χ3v) is 3.19. The number of methoxy groups -OCH3 is 1. The largest absolute Gasteiger partial charge is 0.385 e. The monoisotopic (exact) mass is 251 g/mol. The lowest BCUT2D eigenvalue weighted by atomic mass is 10.2. The molecule has 0 bridgehead atoms. The molecular formula is C13H21N3O2. The number of anilines is 1. The van der Waals surface area contributed by atoms with E-state index in [1.54, 1.807) is 13.3 Å². The zero-order valence-corrected chi connectivity index (χ0v) is 10.8. The summed E-state index contributed by atoms with van der Waals surface area (Å²) in [6, 6.07) is 3.95. The van der Waals surface area contributed by atoms with E-state index < -0.39 is 0 Å². The second kappa shape index (κ2) is 6.68. The van der Waals surface area contributed by atoms with Crippen LogP contribution in [0.5, 0.6) is 0 Å². The molecule has 0 saturated carbocycles. The Kier molecular flexibility index (Phi) is 4.92. The summed E-state index contributed by atoms with van der Waals surface area (Å²) in [7, 11) is 1.72. The molecule has 1 atom stereocenters. The molecular weight excluding hydrogens is 230 g/mol. The topological polar surface area (TPSA) is 60.6 Å². The van der Waals surface area contributed by atoms with Gasteiger partial charge in [-0.05, 0) is 12.5 Å². The van der Waals surface area contributed by atoms with Gasteiger partial charge in [0.15, 0.2) is 0 Å². The Morgan fingerprint density at radius 1 is 1.61 bits per heavy atom. The van der Waals surface area contributed by atoms with E-state index >= 15 is 0 Å². The van der Waals surface area contributed by atoms with E-state index in [4.69, 9.17) is 15.2 Å². The van der Waals surface area contributed by atoms with Crippen molar-refractivity contribution in [2.24, 2.45) is 0 Å². The molecule has 0 aromatic carbocycles. The molecule has 0 aliphatic carbocycles. The second-order valence-electron chi connectivity index (χ2n) is 4.56. The first kappa shape index (κ1) is 13.3. The predicted octanol–water partition coefficient (Wildman–Crippen LogP) is 0.901. The molecule has 0 radical (unpaired) electrons. The van der Waals surface area contributed by atoms with Gasteiger partial charge >= 0.3 is 0 Å². The molecule has 2 N–H and O–H groups in total.